The number of ether oxygens (including phenoxy) is 3. The largest absolute Gasteiger partial charge is 0.494 e. The van der Waals surface area contributed by atoms with Gasteiger partial charge in [-0.25, -0.2) is 9.79 Å². The number of aromatic nitrogens is 1. The fourth-order valence-corrected chi connectivity index (χ4v) is 5.07. The lowest BCUT2D eigenvalue weighted by atomic mass is 9.96. The number of fused-ring (bicyclic) bond motifs is 1. The highest BCUT2D eigenvalue weighted by molar-refractivity contribution is 7.07. The van der Waals surface area contributed by atoms with Gasteiger partial charge in [-0.05, 0) is 62.2 Å². The van der Waals surface area contributed by atoms with Gasteiger partial charge in [0.15, 0.2) is 4.80 Å². The number of carbonyl (C=O) groups excluding carboxylic acids is 1. The van der Waals surface area contributed by atoms with Crippen molar-refractivity contribution in [1.29, 1.82) is 0 Å². The third-order valence-electron chi connectivity index (χ3n) is 5.55. The minimum absolute atomic E-state index is 0.223. The molecule has 2 aromatic carbocycles. The maximum absolute atomic E-state index is 13.7. The normalized spacial score (nSPS) is 15.2. The molecule has 0 fully saturated rings. The van der Waals surface area contributed by atoms with Crippen LogP contribution in [-0.4, -0.2) is 30.4 Å². The van der Waals surface area contributed by atoms with Crippen LogP contribution >= 0.6 is 11.3 Å². The van der Waals surface area contributed by atoms with Crippen LogP contribution in [-0.2, 0) is 9.53 Å². The number of hydrogen-bond acceptors (Lipinski definition) is 7. The minimum Gasteiger partial charge on any atom is -0.494 e. The molecule has 1 aliphatic heterocycles. The fourth-order valence-electron chi connectivity index (χ4n) is 4.02. The molecule has 36 heavy (non-hydrogen) atoms. The third kappa shape index (κ3) is 5.18. The van der Waals surface area contributed by atoms with Crippen LogP contribution in [0.25, 0.3) is 6.08 Å². The lowest BCUT2D eigenvalue weighted by molar-refractivity contribution is -0.139. The van der Waals surface area contributed by atoms with E-state index >= 15 is 0 Å². The highest BCUT2D eigenvalue weighted by Gasteiger charge is 2.33. The average Bonchev–Trinajstić information content (AvgIpc) is 3.17. The molecule has 0 radical (unpaired) electrons. The van der Waals surface area contributed by atoms with E-state index in [4.69, 9.17) is 14.2 Å². The molecule has 0 saturated heterocycles. The van der Waals surface area contributed by atoms with E-state index in [1.165, 1.54) is 11.3 Å². The van der Waals surface area contributed by atoms with Crippen LogP contribution in [0.5, 0.6) is 11.5 Å². The second-order valence-electron chi connectivity index (χ2n) is 7.98. The average molecular weight is 505 g/mol. The molecule has 0 bridgehead atoms. The van der Waals surface area contributed by atoms with Gasteiger partial charge in [-0.3, -0.25) is 9.36 Å². The van der Waals surface area contributed by atoms with Gasteiger partial charge in [-0.2, -0.15) is 0 Å². The Balaban J connectivity index is 1.86. The molecular formula is C28H28N2O5S. The summed E-state index contributed by atoms with van der Waals surface area (Å²) in [5.74, 6) is 0.911. The molecule has 1 atom stereocenters. The van der Waals surface area contributed by atoms with Crippen LogP contribution in [0.1, 0.15) is 37.9 Å². The number of esters is 1. The smallest absolute Gasteiger partial charge is 0.338 e. The quantitative estimate of drug-likeness (QED) is 0.328. The second kappa shape index (κ2) is 11.2. The first kappa shape index (κ1) is 25.2. The zero-order chi connectivity index (χ0) is 25.7. The molecule has 0 saturated carbocycles. The van der Waals surface area contributed by atoms with E-state index in [1.807, 2.05) is 61.5 Å². The van der Waals surface area contributed by atoms with Crippen molar-refractivity contribution >= 4 is 23.4 Å². The predicted octanol–water partition coefficient (Wildman–Crippen LogP) is 3.76. The molecule has 8 heteroatoms. The summed E-state index contributed by atoms with van der Waals surface area (Å²) in [7, 11) is 0. The lowest BCUT2D eigenvalue weighted by Crippen LogP contribution is -2.39. The Morgan fingerprint density at radius 1 is 1.11 bits per heavy atom. The van der Waals surface area contributed by atoms with Crippen molar-refractivity contribution in [3.8, 4) is 11.5 Å². The summed E-state index contributed by atoms with van der Waals surface area (Å²) in [4.78, 5) is 31.8. The van der Waals surface area contributed by atoms with Gasteiger partial charge < -0.3 is 14.2 Å². The van der Waals surface area contributed by atoms with Gasteiger partial charge in [0, 0.05) is 0 Å². The van der Waals surface area contributed by atoms with Crippen molar-refractivity contribution in [2.24, 2.45) is 4.99 Å². The summed E-state index contributed by atoms with van der Waals surface area (Å²) < 4.78 is 18.6. The molecule has 186 valence electrons. The Morgan fingerprint density at radius 2 is 1.89 bits per heavy atom. The van der Waals surface area contributed by atoms with E-state index in [-0.39, 0.29) is 12.2 Å². The summed E-state index contributed by atoms with van der Waals surface area (Å²) in [5.41, 5.74) is 2.23. The van der Waals surface area contributed by atoms with Gasteiger partial charge >= 0.3 is 5.97 Å². The van der Waals surface area contributed by atoms with Crippen molar-refractivity contribution in [3.63, 3.8) is 0 Å². The number of allylic oxidation sites excluding steroid dienone is 1. The Labute approximate surface area is 213 Å². The SMILES string of the molecule is C=CCOc1cccc(C=c2sc3n(c2=O)[C@H](c2ccc(OCC)cc2)C(C(=O)OCC)=C(C)N=3)c1. The molecule has 2 heterocycles. The summed E-state index contributed by atoms with van der Waals surface area (Å²) >= 11 is 1.28. The number of hydrogen-bond donors (Lipinski definition) is 0. The van der Waals surface area contributed by atoms with E-state index in [9.17, 15) is 9.59 Å². The van der Waals surface area contributed by atoms with Crippen molar-refractivity contribution in [2.45, 2.75) is 26.8 Å². The van der Waals surface area contributed by atoms with Crippen molar-refractivity contribution in [3.05, 3.63) is 103 Å². The second-order valence-corrected chi connectivity index (χ2v) is 8.99. The number of nitrogens with zero attached hydrogens (tertiary/aromatic N) is 2. The maximum Gasteiger partial charge on any atom is 0.338 e. The zero-order valence-corrected chi connectivity index (χ0v) is 21.3. The Hall–Kier alpha value is -3.91. The van der Waals surface area contributed by atoms with E-state index in [0.29, 0.717) is 45.3 Å². The molecule has 0 unspecified atom stereocenters. The van der Waals surface area contributed by atoms with Crippen LogP contribution in [0.2, 0.25) is 0 Å². The predicted molar refractivity (Wildman–Crippen MR) is 140 cm³/mol. The van der Waals surface area contributed by atoms with Crippen molar-refractivity contribution in [2.75, 3.05) is 19.8 Å². The highest BCUT2D eigenvalue weighted by Crippen LogP contribution is 2.31. The first-order valence-electron chi connectivity index (χ1n) is 11.7. The molecule has 1 aromatic heterocycles. The zero-order valence-electron chi connectivity index (χ0n) is 20.5. The van der Waals surface area contributed by atoms with Gasteiger partial charge in [-0.15, -0.1) is 0 Å². The van der Waals surface area contributed by atoms with Crippen LogP contribution < -0.4 is 24.4 Å². The summed E-state index contributed by atoms with van der Waals surface area (Å²) in [6.45, 7) is 10.3. The first-order valence-corrected chi connectivity index (χ1v) is 12.5. The first-order chi connectivity index (χ1) is 17.5. The monoisotopic (exact) mass is 504 g/mol. The maximum atomic E-state index is 13.7. The molecule has 0 amide bonds. The summed E-state index contributed by atoms with van der Waals surface area (Å²) in [5, 5.41) is 0. The van der Waals surface area contributed by atoms with Crippen LogP contribution in [0, 0.1) is 0 Å². The van der Waals surface area contributed by atoms with Crippen LogP contribution in [0.3, 0.4) is 0 Å². The number of rotatable bonds is 9. The molecular weight excluding hydrogens is 476 g/mol. The molecule has 0 spiro atoms. The number of carbonyl (C=O) groups is 1. The Bertz CT molecular complexity index is 1480. The van der Waals surface area contributed by atoms with Gasteiger partial charge in [0.05, 0.1) is 35.1 Å². The van der Waals surface area contributed by atoms with Crippen LogP contribution in [0.15, 0.2) is 82.2 Å². The number of thiazole rings is 1. The summed E-state index contributed by atoms with van der Waals surface area (Å²) in [6, 6.07) is 14.2. The van der Waals surface area contributed by atoms with E-state index in [0.717, 1.165) is 11.1 Å². The minimum atomic E-state index is -0.666. The fraction of sp³-hybridized carbons (Fsp3) is 0.250. The van der Waals surface area contributed by atoms with Gasteiger partial charge in [0.1, 0.15) is 18.1 Å². The van der Waals surface area contributed by atoms with Crippen molar-refractivity contribution < 1.29 is 19.0 Å². The highest BCUT2D eigenvalue weighted by atomic mass is 32.1. The molecule has 0 aliphatic carbocycles. The molecule has 0 N–H and O–H groups in total. The van der Waals surface area contributed by atoms with E-state index < -0.39 is 12.0 Å². The van der Waals surface area contributed by atoms with E-state index in [1.54, 1.807) is 24.5 Å². The van der Waals surface area contributed by atoms with Crippen LogP contribution in [0.4, 0.5) is 0 Å². The molecule has 3 aromatic rings. The Kier molecular flexibility index (Phi) is 7.85. The Morgan fingerprint density at radius 3 is 2.58 bits per heavy atom. The topological polar surface area (TPSA) is 79.1 Å². The van der Waals surface area contributed by atoms with Crippen molar-refractivity contribution in [1.82, 2.24) is 4.57 Å². The lowest BCUT2D eigenvalue weighted by Gasteiger charge is -2.24. The third-order valence-corrected chi connectivity index (χ3v) is 6.53. The molecule has 1 aliphatic rings. The summed E-state index contributed by atoms with van der Waals surface area (Å²) in [6.07, 6.45) is 3.48. The molecule has 4 rings (SSSR count). The van der Waals surface area contributed by atoms with Gasteiger partial charge in [-0.1, -0.05) is 48.3 Å². The standard InChI is InChI=1S/C28H28N2O5S/c1-5-15-35-22-10-8-9-19(16-22)17-23-26(31)30-25(20-11-13-21(14-12-20)33-6-2)24(27(32)34-7-3)18(4)29-28(30)36-23/h5,8-14,16-17,25H,1,6-7,15H2,2-4H3/t25-/m1/s1. The molecule has 7 nitrogen and oxygen atoms in total. The van der Waals surface area contributed by atoms with E-state index in [2.05, 4.69) is 11.6 Å². The van der Waals surface area contributed by atoms with Gasteiger partial charge in [0.2, 0.25) is 0 Å². The van der Waals surface area contributed by atoms with Gasteiger partial charge in [0.25, 0.3) is 5.56 Å². The number of benzene rings is 2.